The van der Waals surface area contributed by atoms with Gasteiger partial charge in [-0.3, -0.25) is 0 Å². The molecule has 4 rings (SSSR count). The van der Waals surface area contributed by atoms with Crippen molar-refractivity contribution in [3.63, 3.8) is 0 Å². The first-order valence-electron chi connectivity index (χ1n) is 7.89. The number of hydrogen-bond donors (Lipinski definition) is 2. The summed E-state index contributed by atoms with van der Waals surface area (Å²) < 4.78 is 19.6. The fourth-order valence-electron chi connectivity index (χ4n) is 3.49. The molecule has 2 N–H and O–H groups in total. The van der Waals surface area contributed by atoms with Gasteiger partial charge in [-0.1, -0.05) is 18.2 Å². The van der Waals surface area contributed by atoms with Gasteiger partial charge in [0.15, 0.2) is 5.11 Å². The zero-order chi connectivity index (χ0) is 16.7. The Hall–Kier alpha value is -2.40. The number of halogens is 1. The number of benzene rings is 2. The first kappa shape index (κ1) is 15.1. The molecule has 0 spiro atoms. The maximum absolute atomic E-state index is 14.3. The van der Waals surface area contributed by atoms with Crippen molar-refractivity contribution in [3.05, 3.63) is 70.5 Å². The molecule has 0 bridgehead atoms. The van der Waals surface area contributed by atoms with E-state index in [1.165, 1.54) is 11.6 Å². The maximum Gasteiger partial charge on any atom is 0.171 e. The van der Waals surface area contributed by atoms with Crippen molar-refractivity contribution in [1.29, 1.82) is 0 Å². The summed E-state index contributed by atoms with van der Waals surface area (Å²) in [7, 11) is 1.67. The second-order valence-electron chi connectivity index (χ2n) is 5.98. The number of nitrogens with one attached hydrogen (secondary N) is 2. The van der Waals surface area contributed by atoms with Crippen LogP contribution in [0.1, 0.15) is 29.2 Å². The molecule has 3 nitrogen and oxygen atoms in total. The summed E-state index contributed by atoms with van der Waals surface area (Å²) in [6.45, 7) is 0. The molecular formula is C19H17FN2OS. The van der Waals surface area contributed by atoms with Crippen molar-refractivity contribution in [2.45, 2.75) is 18.9 Å². The van der Waals surface area contributed by atoms with Gasteiger partial charge in [-0.25, -0.2) is 4.39 Å². The fourth-order valence-corrected chi connectivity index (χ4v) is 3.71. The Labute approximate surface area is 145 Å². The Balaban J connectivity index is 1.85. The van der Waals surface area contributed by atoms with Crippen LogP contribution < -0.4 is 15.4 Å². The van der Waals surface area contributed by atoms with Crippen molar-refractivity contribution in [3.8, 4) is 5.75 Å². The first-order valence-corrected chi connectivity index (χ1v) is 8.30. The summed E-state index contributed by atoms with van der Waals surface area (Å²) >= 11 is 5.37. The highest BCUT2D eigenvalue weighted by Crippen LogP contribution is 2.40. The highest BCUT2D eigenvalue weighted by molar-refractivity contribution is 7.80. The predicted molar refractivity (Wildman–Crippen MR) is 96.2 cm³/mol. The Morgan fingerprint density at radius 2 is 2.00 bits per heavy atom. The summed E-state index contributed by atoms with van der Waals surface area (Å²) in [5, 5.41) is 7.01. The number of thiocarbonyl (C=S) groups is 1. The highest BCUT2D eigenvalue weighted by atomic mass is 32.1. The van der Waals surface area contributed by atoms with Crippen molar-refractivity contribution >= 4 is 23.0 Å². The van der Waals surface area contributed by atoms with E-state index in [-0.39, 0.29) is 11.9 Å². The average Bonchev–Trinajstić information content (AvgIpc) is 2.60. The number of ether oxygens (including phenoxy) is 1. The van der Waals surface area contributed by atoms with E-state index in [1.807, 2.05) is 24.3 Å². The summed E-state index contributed by atoms with van der Waals surface area (Å²) in [6, 6.07) is 12.7. The topological polar surface area (TPSA) is 33.3 Å². The largest absolute Gasteiger partial charge is 0.497 e. The molecule has 2 aliphatic rings. The van der Waals surface area contributed by atoms with E-state index < -0.39 is 0 Å². The lowest BCUT2D eigenvalue weighted by Gasteiger charge is -2.36. The number of methoxy groups -OCH3 is 1. The van der Waals surface area contributed by atoms with Gasteiger partial charge in [0.1, 0.15) is 11.6 Å². The molecule has 1 aliphatic carbocycles. The Kier molecular flexibility index (Phi) is 3.73. The zero-order valence-corrected chi connectivity index (χ0v) is 14.0. The molecule has 0 aromatic heterocycles. The van der Waals surface area contributed by atoms with E-state index >= 15 is 0 Å². The third-order valence-corrected chi connectivity index (χ3v) is 4.87. The van der Waals surface area contributed by atoms with Gasteiger partial charge in [-0.05, 0) is 60.5 Å². The number of rotatable bonds is 2. The molecule has 24 heavy (non-hydrogen) atoms. The molecule has 5 heteroatoms. The van der Waals surface area contributed by atoms with Crippen LogP contribution in [-0.4, -0.2) is 12.2 Å². The average molecular weight is 340 g/mol. The van der Waals surface area contributed by atoms with E-state index in [0.29, 0.717) is 10.7 Å². The minimum atomic E-state index is -0.231. The molecule has 0 unspecified atom stereocenters. The number of hydrogen-bond acceptors (Lipinski definition) is 2. The van der Waals surface area contributed by atoms with Crippen LogP contribution >= 0.6 is 12.2 Å². The van der Waals surface area contributed by atoms with Gasteiger partial charge < -0.3 is 15.4 Å². The number of aryl methyl sites for hydroxylation is 1. The second-order valence-corrected chi connectivity index (χ2v) is 6.38. The van der Waals surface area contributed by atoms with Crippen LogP contribution in [0.25, 0.3) is 5.70 Å². The SMILES string of the molecule is COc1ccc2c(c1)CCC1=C2NC(=S)N[C@@H]1c1ccccc1F. The van der Waals surface area contributed by atoms with Gasteiger partial charge in [0.25, 0.3) is 0 Å². The van der Waals surface area contributed by atoms with Gasteiger partial charge in [0.05, 0.1) is 13.2 Å². The van der Waals surface area contributed by atoms with Crippen LogP contribution in [0.5, 0.6) is 5.75 Å². The van der Waals surface area contributed by atoms with Crippen LogP contribution in [0, 0.1) is 5.82 Å². The highest BCUT2D eigenvalue weighted by Gasteiger charge is 2.32. The summed E-state index contributed by atoms with van der Waals surface area (Å²) in [5.74, 6) is 0.632. The molecule has 122 valence electrons. The maximum atomic E-state index is 14.3. The third kappa shape index (κ3) is 2.45. The normalized spacial score (nSPS) is 19.1. The molecular weight excluding hydrogens is 323 g/mol. The van der Waals surface area contributed by atoms with Crippen LogP contribution in [0.15, 0.2) is 48.0 Å². The summed E-state index contributed by atoms with van der Waals surface area (Å²) in [4.78, 5) is 0. The third-order valence-electron chi connectivity index (χ3n) is 4.65. The monoisotopic (exact) mass is 340 g/mol. The lowest BCUT2D eigenvalue weighted by atomic mass is 9.82. The van der Waals surface area contributed by atoms with E-state index in [4.69, 9.17) is 17.0 Å². The Morgan fingerprint density at radius 3 is 2.79 bits per heavy atom. The lowest BCUT2D eigenvalue weighted by molar-refractivity contribution is 0.414. The van der Waals surface area contributed by atoms with Crippen molar-refractivity contribution < 1.29 is 9.13 Å². The van der Waals surface area contributed by atoms with E-state index in [0.717, 1.165) is 35.4 Å². The van der Waals surface area contributed by atoms with Crippen LogP contribution in [0.3, 0.4) is 0 Å². The smallest absolute Gasteiger partial charge is 0.171 e. The molecule has 0 radical (unpaired) electrons. The molecule has 1 heterocycles. The van der Waals surface area contributed by atoms with Crippen LogP contribution in [-0.2, 0) is 6.42 Å². The summed E-state index contributed by atoms with van der Waals surface area (Å²) in [5.41, 5.74) is 5.10. The summed E-state index contributed by atoms with van der Waals surface area (Å²) in [6.07, 6.45) is 1.74. The van der Waals surface area contributed by atoms with Crippen LogP contribution in [0.4, 0.5) is 4.39 Å². The zero-order valence-electron chi connectivity index (χ0n) is 13.2. The van der Waals surface area contributed by atoms with E-state index in [9.17, 15) is 4.39 Å². The van der Waals surface area contributed by atoms with E-state index in [2.05, 4.69) is 16.7 Å². The van der Waals surface area contributed by atoms with Gasteiger partial charge in [-0.15, -0.1) is 0 Å². The van der Waals surface area contributed by atoms with Crippen LogP contribution in [0.2, 0.25) is 0 Å². The standard InChI is InChI=1S/C19H17FN2OS/c1-23-12-7-9-13-11(10-12)6-8-15-17(13)21-19(24)22-18(15)14-4-2-3-5-16(14)20/h2-5,7,9-10,18H,6,8H2,1H3,(H2,21,22,24)/t18-/m1/s1. The first-order chi connectivity index (χ1) is 11.7. The van der Waals surface area contributed by atoms with Crippen molar-refractivity contribution in [2.24, 2.45) is 0 Å². The minimum absolute atomic E-state index is 0.216. The van der Waals surface area contributed by atoms with Gasteiger partial charge in [0, 0.05) is 16.8 Å². The van der Waals surface area contributed by atoms with Gasteiger partial charge >= 0.3 is 0 Å². The van der Waals surface area contributed by atoms with Crippen molar-refractivity contribution in [1.82, 2.24) is 10.6 Å². The van der Waals surface area contributed by atoms with Crippen molar-refractivity contribution in [2.75, 3.05) is 7.11 Å². The lowest BCUT2D eigenvalue weighted by Crippen LogP contribution is -2.44. The quantitative estimate of drug-likeness (QED) is 0.817. The predicted octanol–water partition coefficient (Wildman–Crippen LogP) is 3.71. The second kappa shape index (κ2) is 5.91. The Morgan fingerprint density at radius 1 is 1.17 bits per heavy atom. The molecule has 1 aliphatic heterocycles. The molecule has 1 atom stereocenters. The molecule has 0 saturated heterocycles. The van der Waals surface area contributed by atoms with E-state index in [1.54, 1.807) is 13.2 Å². The Bertz CT molecular complexity index is 862. The fraction of sp³-hybridized carbons (Fsp3) is 0.211. The van der Waals surface area contributed by atoms with Gasteiger partial charge in [-0.2, -0.15) is 0 Å². The van der Waals surface area contributed by atoms with Gasteiger partial charge in [0.2, 0.25) is 0 Å². The molecule has 2 aromatic rings. The number of fused-ring (bicyclic) bond motifs is 2. The molecule has 0 fully saturated rings. The minimum Gasteiger partial charge on any atom is -0.497 e. The molecule has 0 saturated carbocycles. The molecule has 0 amide bonds. The molecule has 2 aromatic carbocycles.